The average molecular weight is 504 g/mol. The number of carbonyl (C=O) groups excluding carboxylic acids is 2. The van der Waals surface area contributed by atoms with Gasteiger partial charge in [-0.05, 0) is 50.5 Å². The van der Waals surface area contributed by atoms with Crippen molar-refractivity contribution in [3.8, 4) is 11.1 Å². The molecule has 2 aromatic carbocycles. The van der Waals surface area contributed by atoms with Crippen LogP contribution in [0.15, 0.2) is 60.9 Å². The number of thiazole rings is 1. The first kappa shape index (κ1) is 24.0. The summed E-state index contributed by atoms with van der Waals surface area (Å²) in [6, 6.07) is 16.3. The van der Waals surface area contributed by atoms with E-state index in [-0.39, 0.29) is 17.9 Å². The molecule has 1 saturated heterocycles. The SMILES string of the molecule is CC(C)(C)OC(=O)N1CC[C@@H](C(=O)Nc2nc3ccc(-c4cnn(Cc5ccccc5)c4)cc3s2)C1. The minimum atomic E-state index is -0.558. The van der Waals surface area contributed by atoms with Crippen LogP contribution in [0.2, 0.25) is 0 Å². The van der Waals surface area contributed by atoms with Gasteiger partial charge in [0.15, 0.2) is 5.13 Å². The topological polar surface area (TPSA) is 89.3 Å². The van der Waals surface area contributed by atoms with Crippen molar-refractivity contribution >= 4 is 38.7 Å². The number of ether oxygens (including phenoxy) is 1. The third kappa shape index (κ3) is 5.57. The zero-order chi connectivity index (χ0) is 25.3. The lowest BCUT2D eigenvalue weighted by Crippen LogP contribution is -2.36. The molecule has 0 radical (unpaired) electrons. The van der Waals surface area contributed by atoms with Gasteiger partial charge < -0.3 is 15.0 Å². The third-order valence-corrected chi connectivity index (χ3v) is 6.92. The van der Waals surface area contributed by atoms with Crippen molar-refractivity contribution < 1.29 is 14.3 Å². The summed E-state index contributed by atoms with van der Waals surface area (Å²) >= 11 is 1.44. The first-order valence-corrected chi connectivity index (χ1v) is 12.8. The molecule has 1 N–H and O–H groups in total. The number of hydrogen-bond acceptors (Lipinski definition) is 6. The van der Waals surface area contributed by atoms with Gasteiger partial charge in [0, 0.05) is 24.8 Å². The Labute approximate surface area is 213 Å². The Morgan fingerprint density at radius 2 is 1.94 bits per heavy atom. The van der Waals surface area contributed by atoms with Gasteiger partial charge in [0.1, 0.15) is 5.60 Å². The fourth-order valence-electron chi connectivity index (χ4n) is 4.20. The highest BCUT2D eigenvalue weighted by molar-refractivity contribution is 7.22. The molecular formula is C27H29N5O3S. The second-order valence-corrected chi connectivity index (χ2v) is 11.0. The highest BCUT2D eigenvalue weighted by Gasteiger charge is 2.33. The molecule has 1 aliphatic rings. The van der Waals surface area contributed by atoms with Crippen molar-refractivity contribution in [2.24, 2.45) is 5.92 Å². The summed E-state index contributed by atoms with van der Waals surface area (Å²) in [6.07, 6.45) is 4.13. The number of aromatic nitrogens is 3. The maximum absolute atomic E-state index is 12.9. The van der Waals surface area contributed by atoms with Crippen molar-refractivity contribution in [1.29, 1.82) is 0 Å². The molecule has 9 heteroatoms. The van der Waals surface area contributed by atoms with Gasteiger partial charge in [-0.2, -0.15) is 5.10 Å². The van der Waals surface area contributed by atoms with Crippen molar-refractivity contribution in [1.82, 2.24) is 19.7 Å². The number of carbonyl (C=O) groups is 2. The molecule has 2 aromatic heterocycles. The minimum absolute atomic E-state index is 0.123. The summed E-state index contributed by atoms with van der Waals surface area (Å²) in [6.45, 7) is 7.07. The van der Waals surface area contributed by atoms with Gasteiger partial charge in [0.25, 0.3) is 0 Å². The van der Waals surface area contributed by atoms with Crippen molar-refractivity contribution in [3.05, 3.63) is 66.5 Å². The molecule has 1 fully saturated rings. The quantitative estimate of drug-likeness (QED) is 0.394. The predicted octanol–water partition coefficient (Wildman–Crippen LogP) is 5.40. The van der Waals surface area contributed by atoms with Crippen LogP contribution >= 0.6 is 11.3 Å². The van der Waals surface area contributed by atoms with Crippen molar-refractivity contribution in [2.75, 3.05) is 18.4 Å². The molecule has 3 heterocycles. The Kier molecular flexibility index (Phi) is 6.49. The molecule has 1 aliphatic heterocycles. The van der Waals surface area contributed by atoms with Crippen LogP contribution in [0.3, 0.4) is 0 Å². The highest BCUT2D eigenvalue weighted by Crippen LogP contribution is 2.31. The van der Waals surface area contributed by atoms with E-state index in [1.54, 1.807) is 4.90 Å². The van der Waals surface area contributed by atoms with Gasteiger partial charge in [0.2, 0.25) is 5.91 Å². The number of likely N-dealkylation sites (tertiary alicyclic amines) is 1. The Balaban J connectivity index is 1.23. The van der Waals surface area contributed by atoms with E-state index in [2.05, 4.69) is 33.6 Å². The van der Waals surface area contributed by atoms with E-state index in [9.17, 15) is 9.59 Å². The molecule has 0 saturated carbocycles. The van der Waals surface area contributed by atoms with Crippen LogP contribution in [0, 0.1) is 5.92 Å². The van der Waals surface area contributed by atoms with Crippen LogP contribution in [0.4, 0.5) is 9.93 Å². The molecule has 36 heavy (non-hydrogen) atoms. The van der Waals surface area contributed by atoms with Gasteiger partial charge in [-0.25, -0.2) is 9.78 Å². The summed E-state index contributed by atoms with van der Waals surface area (Å²) < 4.78 is 8.34. The molecule has 4 aromatic rings. The van der Waals surface area contributed by atoms with E-state index >= 15 is 0 Å². The predicted molar refractivity (Wildman–Crippen MR) is 141 cm³/mol. The van der Waals surface area contributed by atoms with E-state index in [0.29, 0.717) is 31.2 Å². The maximum Gasteiger partial charge on any atom is 0.410 e. The van der Waals surface area contributed by atoms with E-state index in [1.165, 1.54) is 16.9 Å². The smallest absolute Gasteiger partial charge is 0.410 e. The second kappa shape index (κ2) is 9.73. The second-order valence-electron chi connectivity index (χ2n) is 10.0. The van der Waals surface area contributed by atoms with E-state index in [4.69, 9.17) is 4.74 Å². The largest absolute Gasteiger partial charge is 0.444 e. The highest BCUT2D eigenvalue weighted by atomic mass is 32.1. The van der Waals surface area contributed by atoms with Crippen LogP contribution in [0.5, 0.6) is 0 Å². The summed E-state index contributed by atoms with van der Waals surface area (Å²) in [5.41, 5.74) is 3.55. The van der Waals surface area contributed by atoms with E-state index in [0.717, 1.165) is 21.3 Å². The molecule has 186 valence electrons. The number of anilines is 1. The molecule has 8 nitrogen and oxygen atoms in total. The Morgan fingerprint density at radius 1 is 1.14 bits per heavy atom. The van der Waals surface area contributed by atoms with Gasteiger partial charge in [-0.1, -0.05) is 47.7 Å². The van der Waals surface area contributed by atoms with Crippen LogP contribution < -0.4 is 5.32 Å². The maximum atomic E-state index is 12.9. The number of nitrogens with one attached hydrogen (secondary N) is 1. The number of hydrogen-bond donors (Lipinski definition) is 1. The number of amides is 2. The Hall–Kier alpha value is -3.72. The molecule has 5 rings (SSSR count). The normalized spacial score (nSPS) is 15.9. The van der Waals surface area contributed by atoms with Crippen molar-refractivity contribution in [3.63, 3.8) is 0 Å². The zero-order valence-electron chi connectivity index (χ0n) is 20.6. The van der Waals surface area contributed by atoms with Gasteiger partial charge in [-0.15, -0.1) is 0 Å². The summed E-state index contributed by atoms with van der Waals surface area (Å²) in [5.74, 6) is -0.405. The average Bonchev–Trinajstić information content (AvgIpc) is 3.57. The van der Waals surface area contributed by atoms with Crippen LogP contribution in [-0.4, -0.2) is 50.4 Å². The summed E-state index contributed by atoms with van der Waals surface area (Å²) in [7, 11) is 0. The number of fused-ring (bicyclic) bond motifs is 1. The van der Waals surface area contributed by atoms with Gasteiger partial charge in [0.05, 0.1) is 28.9 Å². The lowest BCUT2D eigenvalue weighted by Gasteiger charge is -2.24. The molecule has 0 spiro atoms. The van der Waals surface area contributed by atoms with E-state index in [1.807, 2.05) is 68.2 Å². The molecular weight excluding hydrogens is 474 g/mol. The summed E-state index contributed by atoms with van der Waals surface area (Å²) in [4.78, 5) is 31.3. The molecule has 0 aliphatic carbocycles. The van der Waals surface area contributed by atoms with Gasteiger partial charge >= 0.3 is 6.09 Å². The Morgan fingerprint density at radius 3 is 2.72 bits per heavy atom. The van der Waals surface area contributed by atoms with Crippen LogP contribution in [0.1, 0.15) is 32.8 Å². The lowest BCUT2D eigenvalue weighted by atomic mass is 10.1. The fraction of sp³-hybridized carbons (Fsp3) is 0.333. The fourth-order valence-corrected chi connectivity index (χ4v) is 5.11. The first-order chi connectivity index (χ1) is 17.2. The minimum Gasteiger partial charge on any atom is -0.444 e. The zero-order valence-corrected chi connectivity index (χ0v) is 21.4. The number of nitrogens with zero attached hydrogens (tertiary/aromatic N) is 4. The molecule has 2 amide bonds. The lowest BCUT2D eigenvalue weighted by molar-refractivity contribution is -0.119. The monoisotopic (exact) mass is 503 g/mol. The first-order valence-electron chi connectivity index (χ1n) is 12.0. The number of rotatable bonds is 5. The molecule has 0 unspecified atom stereocenters. The van der Waals surface area contributed by atoms with Crippen LogP contribution in [0.25, 0.3) is 21.3 Å². The molecule has 1 atom stereocenters. The number of benzene rings is 2. The van der Waals surface area contributed by atoms with Crippen LogP contribution in [-0.2, 0) is 16.1 Å². The van der Waals surface area contributed by atoms with Gasteiger partial charge in [-0.3, -0.25) is 9.48 Å². The van der Waals surface area contributed by atoms with Crippen molar-refractivity contribution in [2.45, 2.75) is 39.3 Å². The summed E-state index contributed by atoms with van der Waals surface area (Å²) in [5, 5.41) is 8.01. The third-order valence-electron chi connectivity index (χ3n) is 5.98. The van der Waals surface area contributed by atoms with E-state index < -0.39 is 5.60 Å². The Bertz CT molecular complexity index is 1390. The molecule has 0 bridgehead atoms. The standard InChI is InChI=1S/C27H29N5O3S/c1-27(2,3)35-26(34)31-12-11-20(16-31)24(33)30-25-29-22-10-9-19(13-23(22)36-25)21-14-28-32(17-21)15-18-7-5-4-6-8-18/h4-10,13-14,17,20H,11-12,15-16H2,1-3H3,(H,29,30,33)/t20-/m1/s1.